The molecular weight excluding hydrogens is 460 g/mol. The molecular formula is C28H52N2O6. The first-order valence-electron chi connectivity index (χ1n) is 13.7. The highest BCUT2D eigenvalue weighted by molar-refractivity contribution is 5.83. The quantitative estimate of drug-likeness (QED) is 0.281. The average Bonchev–Trinajstić information content (AvgIpc) is 2.74. The molecule has 0 aromatic heterocycles. The molecule has 1 aliphatic rings. The van der Waals surface area contributed by atoms with E-state index in [1.165, 1.54) is 19.3 Å². The van der Waals surface area contributed by atoms with Crippen molar-refractivity contribution in [1.82, 2.24) is 10.6 Å². The van der Waals surface area contributed by atoms with Gasteiger partial charge in [0.15, 0.2) is 5.79 Å². The molecule has 0 aromatic carbocycles. The molecule has 1 saturated heterocycles. The molecule has 0 aromatic rings. The Hall–Kier alpha value is -1.67. The fourth-order valence-corrected chi connectivity index (χ4v) is 4.74. The van der Waals surface area contributed by atoms with Crippen LogP contribution in [0.4, 0.5) is 0 Å². The molecule has 8 nitrogen and oxygen atoms in total. The van der Waals surface area contributed by atoms with Gasteiger partial charge in [0.25, 0.3) is 0 Å². The number of hydrogen-bond donors (Lipinski definition) is 3. The van der Waals surface area contributed by atoms with E-state index >= 15 is 0 Å². The normalized spacial score (nSPS) is 21.8. The van der Waals surface area contributed by atoms with Crippen molar-refractivity contribution in [3.05, 3.63) is 0 Å². The number of nitrogens with one attached hydrogen (secondary N) is 2. The summed E-state index contributed by atoms with van der Waals surface area (Å²) in [6.45, 7) is 17.9. The number of ether oxygens (including phenoxy) is 2. The maximum atomic E-state index is 13.4. The molecule has 0 aliphatic carbocycles. The van der Waals surface area contributed by atoms with Crippen LogP contribution in [0.3, 0.4) is 0 Å². The lowest BCUT2D eigenvalue weighted by Gasteiger charge is -2.45. The largest absolute Gasteiger partial charge is 0.481 e. The van der Waals surface area contributed by atoms with Gasteiger partial charge in [-0.3, -0.25) is 14.4 Å². The molecule has 8 heteroatoms. The molecule has 210 valence electrons. The molecule has 4 unspecified atom stereocenters. The van der Waals surface area contributed by atoms with Gasteiger partial charge in [-0.25, -0.2) is 0 Å². The van der Waals surface area contributed by atoms with E-state index in [0.29, 0.717) is 13.0 Å². The van der Waals surface area contributed by atoms with Crippen LogP contribution in [0.25, 0.3) is 0 Å². The Morgan fingerprint density at radius 2 is 1.58 bits per heavy atom. The van der Waals surface area contributed by atoms with E-state index < -0.39 is 41.3 Å². The molecule has 1 rings (SSSR count). The van der Waals surface area contributed by atoms with Crippen LogP contribution in [0.2, 0.25) is 0 Å². The SMILES string of the molecule is CCCCCCCC(C(=O)NC(CC)C(CC(=O)O)NC(=O)C1OC(C)(C)OCC1(C)C)C(C)(C)C. The number of amides is 2. The Balaban J connectivity index is 3.01. The van der Waals surface area contributed by atoms with Crippen LogP contribution in [0.15, 0.2) is 0 Å². The van der Waals surface area contributed by atoms with Gasteiger partial charge in [-0.05, 0) is 32.1 Å². The number of aliphatic carboxylic acids is 1. The van der Waals surface area contributed by atoms with Crippen molar-refractivity contribution in [1.29, 1.82) is 0 Å². The molecule has 1 heterocycles. The van der Waals surface area contributed by atoms with Gasteiger partial charge in [-0.15, -0.1) is 0 Å². The average molecular weight is 513 g/mol. The third kappa shape index (κ3) is 10.4. The molecule has 0 radical (unpaired) electrons. The Labute approximate surface area is 218 Å². The molecule has 2 amide bonds. The molecule has 0 bridgehead atoms. The van der Waals surface area contributed by atoms with Crippen LogP contribution < -0.4 is 10.6 Å². The summed E-state index contributed by atoms with van der Waals surface area (Å²) in [7, 11) is 0. The lowest BCUT2D eigenvalue weighted by molar-refractivity contribution is -0.304. The monoisotopic (exact) mass is 512 g/mol. The van der Waals surface area contributed by atoms with Crippen molar-refractivity contribution in [2.45, 2.75) is 138 Å². The summed E-state index contributed by atoms with van der Waals surface area (Å²) in [6.07, 6.45) is 5.78. The van der Waals surface area contributed by atoms with Gasteiger partial charge < -0.3 is 25.2 Å². The van der Waals surface area contributed by atoms with Crippen molar-refractivity contribution in [2.75, 3.05) is 6.61 Å². The summed E-state index contributed by atoms with van der Waals surface area (Å²) < 4.78 is 11.6. The lowest BCUT2D eigenvalue weighted by atomic mass is 9.77. The Kier molecular flexibility index (Phi) is 12.4. The zero-order valence-corrected chi connectivity index (χ0v) is 24.2. The third-order valence-electron chi connectivity index (χ3n) is 7.07. The summed E-state index contributed by atoms with van der Waals surface area (Å²) in [5, 5.41) is 15.6. The predicted octanol–water partition coefficient (Wildman–Crippen LogP) is 5.04. The van der Waals surface area contributed by atoms with E-state index in [9.17, 15) is 19.5 Å². The van der Waals surface area contributed by atoms with Gasteiger partial charge >= 0.3 is 5.97 Å². The zero-order chi connectivity index (χ0) is 27.7. The summed E-state index contributed by atoms with van der Waals surface area (Å²) in [5.74, 6) is -2.64. The number of carboxylic acids is 1. The van der Waals surface area contributed by atoms with E-state index in [1.807, 2.05) is 20.8 Å². The highest BCUT2D eigenvalue weighted by Crippen LogP contribution is 2.35. The molecule has 4 atom stereocenters. The Morgan fingerprint density at radius 1 is 0.972 bits per heavy atom. The van der Waals surface area contributed by atoms with Crippen molar-refractivity contribution < 1.29 is 29.0 Å². The summed E-state index contributed by atoms with van der Waals surface area (Å²) in [6, 6.07) is -1.28. The van der Waals surface area contributed by atoms with Crippen LogP contribution in [-0.2, 0) is 23.9 Å². The minimum absolute atomic E-state index is 0.0849. The van der Waals surface area contributed by atoms with Crippen LogP contribution >= 0.6 is 0 Å². The molecule has 0 saturated carbocycles. The minimum Gasteiger partial charge on any atom is -0.481 e. The van der Waals surface area contributed by atoms with Crippen LogP contribution in [0.1, 0.15) is 114 Å². The van der Waals surface area contributed by atoms with Gasteiger partial charge in [0, 0.05) is 17.4 Å². The summed E-state index contributed by atoms with van der Waals surface area (Å²) >= 11 is 0. The van der Waals surface area contributed by atoms with E-state index in [-0.39, 0.29) is 23.7 Å². The minimum atomic E-state index is -1.04. The van der Waals surface area contributed by atoms with Crippen LogP contribution in [-0.4, -0.2) is 53.5 Å². The first kappa shape index (κ1) is 32.4. The van der Waals surface area contributed by atoms with Crippen LogP contribution in [0, 0.1) is 16.7 Å². The number of hydrogen-bond acceptors (Lipinski definition) is 5. The maximum absolute atomic E-state index is 13.4. The topological polar surface area (TPSA) is 114 Å². The fraction of sp³-hybridized carbons (Fsp3) is 0.893. The maximum Gasteiger partial charge on any atom is 0.305 e. The second-order valence-electron chi connectivity index (χ2n) is 12.5. The van der Waals surface area contributed by atoms with Gasteiger partial charge in [0.05, 0.1) is 19.1 Å². The molecule has 0 spiro atoms. The van der Waals surface area contributed by atoms with Gasteiger partial charge in [-0.2, -0.15) is 0 Å². The molecule has 1 aliphatic heterocycles. The van der Waals surface area contributed by atoms with Crippen molar-refractivity contribution in [2.24, 2.45) is 16.7 Å². The second-order valence-corrected chi connectivity index (χ2v) is 12.5. The van der Waals surface area contributed by atoms with Gasteiger partial charge in [0.1, 0.15) is 6.10 Å². The lowest BCUT2D eigenvalue weighted by Crippen LogP contribution is -2.61. The highest BCUT2D eigenvalue weighted by Gasteiger charge is 2.46. The van der Waals surface area contributed by atoms with E-state index in [1.54, 1.807) is 13.8 Å². The van der Waals surface area contributed by atoms with Crippen molar-refractivity contribution >= 4 is 17.8 Å². The van der Waals surface area contributed by atoms with Gasteiger partial charge in [0.2, 0.25) is 11.8 Å². The van der Waals surface area contributed by atoms with E-state index in [2.05, 4.69) is 38.3 Å². The van der Waals surface area contributed by atoms with Crippen molar-refractivity contribution in [3.63, 3.8) is 0 Å². The summed E-state index contributed by atoms with van der Waals surface area (Å²) in [5.41, 5.74) is -0.822. The number of carbonyl (C=O) groups excluding carboxylic acids is 2. The number of rotatable bonds is 14. The van der Waals surface area contributed by atoms with E-state index in [4.69, 9.17) is 9.47 Å². The number of carboxylic acid groups (broad SMARTS) is 1. The molecule has 1 fully saturated rings. The fourth-order valence-electron chi connectivity index (χ4n) is 4.74. The Bertz CT molecular complexity index is 728. The number of unbranched alkanes of at least 4 members (excludes halogenated alkanes) is 4. The van der Waals surface area contributed by atoms with E-state index in [0.717, 1.165) is 19.3 Å². The first-order chi connectivity index (χ1) is 16.5. The molecule has 3 N–H and O–H groups in total. The van der Waals surface area contributed by atoms with Crippen molar-refractivity contribution in [3.8, 4) is 0 Å². The highest BCUT2D eigenvalue weighted by atomic mass is 16.7. The Morgan fingerprint density at radius 3 is 2.11 bits per heavy atom. The second kappa shape index (κ2) is 13.8. The summed E-state index contributed by atoms with van der Waals surface area (Å²) in [4.78, 5) is 38.5. The standard InChI is InChI=1S/C28H52N2O6/c1-10-12-13-14-15-16-19(26(3,4)5)24(33)29-20(11-2)21(17-22(31)32)30-25(34)23-27(6,7)18-35-28(8,9)36-23/h19-21,23H,10-18H2,1-9H3,(H,29,33)(H,30,34)(H,31,32). The predicted molar refractivity (Wildman–Crippen MR) is 141 cm³/mol. The molecule has 36 heavy (non-hydrogen) atoms. The smallest absolute Gasteiger partial charge is 0.305 e. The third-order valence-corrected chi connectivity index (χ3v) is 7.07. The number of carbonyl (C=O) groups is 3. The van der Waals surface area contributed by atoms with Gasteiger partial charge in [-0.1, -0.05) is 80.6 Å². The first-order valence-corrected chi connectivity index (χ1v) is 13.7. The zero-order valence-electron chi connectivity index (χ0n) is 24.2. The van der Waals surface area contributed by atoms with Crippen LogP contribution in [0.5, 0.6) is 0 Å².